The van der Waals surface area contributed by atoms with Gasteiger partial charge in [0.25, 0.3) is 0 Å². The van der Waals surface area contributed by atoms with Crippen molar-refractivity contribution in [2.45, 2.75) is 26.2 Å². The van der Waals surface area contributed by atoms with Crippen LogP contribution in [0.25, 0.3) is 0 Å². The molecule has 1 heterocycles. The topological polar surface area (TPSA) is 55.4 Å². The van der Waals surface area contributed by atoms with Gasteiger partial charge in [-0.05, 0) is 26.2 Å². The summed E-state index contributed by atoms with van der Waals surface area (Å²) >= 11 is 0. The Balaban J connectivity index is 2.78. The van der Waals surface area contributed by atoms with E-state index in [-0.39, 0.29) is 0 Å². The predicted octanol–water partition coefficient (Wildman–Crippen LogP) is 0.197. The maximum atomic E-state index is 5.99. The smallest absolute Gasteiger partial charge is 0.416 e. The first-order valence-electron chi connectivity index (χ1n) is 5.05. The second kappa shape index (κ2) is 5.51. The van der Waals surface area contributed by atoms with Crippen LogP contribution in [0.4, 0.5) is 0 Å². The average molecular weight is 301 g/mol. The monoisotopic (exact) mass is 300 g/mol. The molecule has 1 saturated heterocycles. The highest BCUT2D eigenvalue weighted by Crippen LogP contribution is 2.22. The molecule has 10 heteroatoms. The molecule has 1 fully saturated rings. The van der Waals surface area contributed by atoms with E-state index >= 15 is 0 Å². The minimum atomic E-state index is -2.22. The molecule has 1 aliphatic heterocycles. The summed E-state index contributed by atoms with van der Waals surface area (Å²) in [6.45, 7) is 7.90. The van der Waals surface area contributed by atoms with Gasteiger partial charge in [-0.1, -0.05) is 0 Å². The van der Waals surface area contributed by atoms with E-state index in [0.29, 0.717) is 0 Å². The quantitative estimate of drug-likeness (QED) is 0.679. The summed E-state index contributed by atoms with van der Waals surface area (Å²) in [7, 11) is -5.62. The van der Waals surface area contributed by atoms with E-state index in [1.54, 1.807) is 14.2 Å². The van der Waals surface area contributed by atoms with Gasteiger partial charge in [0, 0.05) is 14.2 Å². The van der Waals surface area contributed by atoms with E-state index < -0.39 is 36.2 Å². The molecule has 1 aliphatic rings. The standard InChI is InChI=1S/C6H20O6Si4/c1-7-13-9-14(8-2)11-16(5,6)12-15(3,4)10-13/h13-14H,1-6H3. The van der Waals surface area contributed by atoms with Gasteiger partial charge in [0.05, 0.1) is 0 Å². The zero-order chi connectivity index (χ0) is 12.4. The Hall–Kier alpha value is 0.628. The highest BCUT2D eigenvalue weighted by atomic mass is 28.5. The fraction of sp³-hybridized carbons (Fsp3) is 1.00. The predicted molar refractivity (Wildman–Crippen MR) is 67.6 cm³/mol. The van der Waals surface area contributed by atoms with Crippen molar-refractivity contribution in [3.63, 3.8) is 0 Å². The van der Waals surface area contributed by atoms with Crippen molar-refractivity contribution in [2.75, 3.05) is 14.2 Å². The summed E-state index contributed by atoms with van der Waals surface area (Å²) < 4.78 is 33.7. The third-order valence-corrected chi connectivity index (χ3v) is 14.4. The van der Waals surface area contributed by atoms with Crippen LogP contribution in [-0.2, 0) is 25.3 Å². The lowest BCUT2D eigenvalue weighted by molar-refractivity contribution is 0.141. The SMILES string of the molecule is CO[SiH]1O[SiH](OC)O[Si](C)(C)O[Si](C)(C)O1. The van der Waals surface area contributed by atoms with E-state index in [4.69, 9.17) is 25.3 Å². The Bertz CT molecular complexity index is 215. The molecule has 16 heavy (non-hydrogen) atoms. The molecule has 0 aromatic heterocycles. The first-order valence-corrected chi connectivity index (χ1v) is 13.5. The van der Waals surface area contributed by atoms with Gasteiger partial charge in [0.2, 0.25) is 0 Å². The lowest BCUT2D eigenvalue weighted by Gasteiger charge is -2.39. The van der Waals surface area contributed by atoms with E-state index in [2.05, 4.69) is 0 Å². The molecule has 0 aromatic rings. The molecule has 2 atom stereocenters. The molecule has 1 rings (SSSR count). The van der Waals surface area contributed by atoms with Crippen LogP contribution in [0.3, 0.4) is 0 Å². The fourth-order valence-electron chi connectivity index (χ4n) is 1.46. The van der Waals surface area contributed by atoms with Crippen LogP contribution < -0.4 is 0 Å². The summed E-state index contributed by atoms with van der Waals surface area (Å²) in [6.07, 6.45) is 0. The van der Waals surface area contributed by atoms with E-state index in [9.17, 15) is 0 Å². The molecule has 0 radical (unpaired) electrons. The van der Waals surface area contributed by atoms with Crippen molar-refractivity contribution in [1.29, 1.82) is 0 Å². The molecule has 0 saturated carbocycles. The van der Waals surface area contributed by atoms with Gasteiger partial charge in [-0.15, -0.1) is 0 Å². The molecule has 0 spiro atoms. The van der Waals surface area contributed by atoms with Crippen molar-refractivity contribution in [1.82, 2.24) is 0 Å². The lowest BCUT2D eigenvalue weighted by Crippen LogP contribution is -2.58. The molecule has 6 nitrogen and oxygen atoms in total. The molecule has 2 unspecified atom stereocenters. The van der Waals surface area contributed by atoms with Gasteiger partial charge in [-0.25, -0.2) is 0 Å². The van der Waals surface area contributed by atoms with Gasteiger partial charge in [0.15, 0.2) is 0 Å². The van der Waals surface area contributed by atoms with Crippen LogP contribution in [0.15, 0.2) is 0 Å². The van der Waals surface area contributed by atoms with Gasteiger partial charge >= 0.3 is 36.2 Å². The zero-order valence-electron chi connectivity index (χ0n) is 10.6. The second-order valence-corrected chi connectivity index (χ2v) is 15.8. The van der Waals surface area contributed by atoms with Gasteiger partial charge in [-0.3, -0.25) is 0 Å². The highest BCUT2D eigenvalue weighted by molar-refractivity contribution is 6.84. The molecule has 0 aromatic carbocycles. The third-order valence-electron chi connectivity index (χ3n) is 1.86. The van der Waals surface area contributed by atoms with Gasteiger partial charge in [-0.2, -0.15) is 0 Å². The number of rotatable bonds is 2. The minimum Gasteiger partial charge on any atom is -0.416 e. The maximum Gasteiger partial charge on any atom is 0.467 e. The van der Waals surface area contributed by atoms with Crippen LogP contribution >= 0.6 is 0 Å². The number of hydrogen-bond donors (Lipinski definition) is 0. The van der Waals surface area contributed by atoms with Crippen LogP contribution in [0.5, 0.6) is 0 Å². The molecule has 0 bridgehead atoms. The third kappa shape index (κ3) is 4.48. The van der Waals surface area contributed by atoms with E-state index in [1.165, 1.54) is 0 Å². The highest BCUT2D eigenvalue weighted by Gasteiger charge is 2.45. The fourth-order valence-corrected chi connectivity index (χ4v) is 15.0. The lowest BCUT2D eigenvalue weighted by atomic mass is 11.8. The van der Waals surface area contributed by atoms with Crippen molar-refractivity contribution in [3.05, 3.63) is 0 Å². The Morgan fingerprint density at radius 2 is 1.19 bits per heavy atom. The van der Waals surface area contributed by atoms with Crippen molar-refractivity contribution in [3.8, 4) is 0 Å². The van der Waals surface area contributed by atoms with Crippen molar-refractivity contribution < 1.29 is 25.3 Å². The summed E-state index contributed by atoms with van der Waals surface area (Å²) in [5.41, 5.74) is 0. The Kier molecular flexibility index (Phi) is 5.06. The first-order chi connectivity index (χ1) is 7.28. The Morgan fingerprint density at radius 3 is 1.50 bits per heavy atom. The molecule has 0 N–H and O–H groups in total. The molecular formula is C6H20O6Si4. The average Bonchev–Trinajstić information content (AvgIpc) is 2.10. The maximum absolute atomic E-state index is 5.99. The van der Waals surface area contributed by atoms with Gasteiger partial charge in [0.1, 0.15) is 0 Å². The van der Waals surface area contributed by atoms with Crippen molar-refractivity contribution >= 4 is 36.2 Å². The molecule has 0 aliphatic carbocycles. The molecular weight excluding hydrogens is 280 g/mol. The zero-order valence-corrected chi connectivity index (χ0v) is 14.9. The Labute approximate surface area is 102 Å². The van der Waals surface area contributed by atoms with Crippen LogP contribution in [0.2, 0.25) is 26.2 Å². The van der Waals surface area contributed by atoms with Crippen molar-refractivity contribution in [2.24, 2.45) is 0 Å². The first kappa shape index (κ1) is 14.7. The summed E-state index contributed by atoms with van der Waals surface area (Å²) in [5.74, 6) is 0. The summed E-state index contributed by atoms with van der Waals surface area (Å²) in [4.78, 5) is 0. The van der Waals surface area contributed by atoms with Crippen LogP contribution in [0, 0.1) is 0 Å². The second-order valence-electron chi connectivity index (χ2n) is 4.32. The Morgan fingerprint density at radius 1 is 0.812 bits per heavy atom. The largest absolute Gasteiger partial charge is 0.467 e. The van der Waals surface area contributed by atoms with E-state index in [1.807, 2.05) is 26.2 Å². The number of hydrogen-bond acceptors (Lipinski definition) is 6. The molecule has 0 amide bonds. The normalized spacial score (nSPS) is 34.1. The van der Waals surface area contributed by atoms with Crippen LogP contribution in [0.1, 0.15) is 0 Å². The summed E-state index contributed by atoms with van der Waals surface area (Å²) in [5, 5.41) is 0. The van der Waals surface area contributed by atoms with Crippen LogP contribution in [-0.4, -0.2) is 50.4 Å². The van der Waals surface area contributed by atoms with Gasteiger partial charge < -0.3 is 25.3 Å². The minimum absolute atomic E-state index is 1.58. The molecule has 96 valence electrons. The van der Waals surface area contributed by atoms with E-state index in [0.717, 1.165) is 0 Å². The summed E-state index contributed by atoms with van der Waals surface area (Å²) in [6, 6.07) is 0.